The monoisotopic (exact) mass is 395 g/mol. The highest BCUT2D eigenvalue weighted by Gasteiger charge is 2.18. The Morgan fingerprint density at radius 1 is 1.07 bits per heavy atom. The van der Waals surface area contributed by atoms with E-state index < -0.39 is 6.10 Å². The van der Waals surface area contributed by atoms with Crippen LogP contribution in [0.1, 0.15) is 38.3 Å². The number of nitrogens with zero attached hydrogens (tertiary/aromatic N) is 2. The summed E-state index contributed by atoms with van der Waals surface area (Å²) in [5.74, 6) is -0.298. The summed E-state index contributed by atoms with van der Waals surface area (Å²) in [7, 11) is 3.38. The van der Waals surface area contributed by atoms with Crippen molar-refractivity contribution in [3.8, 4) is 0 Å². The molecule has 2 N–H and O–H groups in total. The van der Waals surface area contributed by atoms with Gasteiger partial charge in [-0.1, -0.05) is 24.3 Å². The highest BCUT2D eigenvalue weighted by Crippen LogP contribution is 2.18. The van der Waals surface area contributed by atoms with Crippen LogP contribution in [0.4, 0.5) is 0 Å². The Balaban J connectivity index is 1.41. The average molecular weight is 396 g/mol. The summed E-state index contributed by atoms with van der Waals surface area (Å²) in [5.41, 5.74) is 3.77. The van der Waals surface area contributed by atoms with Crippen molar-refractivity contribution in [2.24, 2.45) is 0 Å². The molecule has 1 atom stereocenters. The standard InChI is InChI=1S/C23H29N3O3/c1-25(2)23(29)19-9-7-18(8-10-19)22(28)24-13-11-21(27)16-26-14-12-17-5-3-4-6-20(17)15-26/h3-10,21,27H,11-16H2,1-2H3,(H,24,28). The Labute approximate surface area is 172 Å². The van der Waals surface area contributed by atoms with Crippen LogP contribution in [0.15, 0.2) is 48.5 Å². The second kappa shape index (κ2) is 9.67. The number of carbonyl (C=O) groups is 2. The van der Waals surface area contributed by atoms with Gasteiger partial charge in [-0.25, -0.2) is 0 Å². The van der Waals surface area contributed by atoms with Crippen LogP contribution in [-0.4, -0.2) is 66.6 Å². The van der Waals surface area contributed by atoms with Crippen molar-refractivity contribution in [1.29, 1.82) is 0 Å². The van der Waals surface area contributed by atoms with Gasteiger partial charge >= 0.3 is 0 Å². The molecule has 0 saturated heterocycles. The van der Waals surface area contributed by atoms with Crippen molar-refractivity contribution < 1.29 is 14.7 Å². The smallest absolute Gasteiger partial charge is 0.253 e. The molecule has 2 amide bonds. The van der Waals surface area contributed by atoms with Crippen molar-refractivity contribution in [3.63, 3.8) is 0 Å². The lowest BCUT2D eigenvalue weighted by Gasteiger charge is -2.30. The number of rotatable bonds is 7. The third kappa shape index (κ3) is 5.65. The highest BCUT2D eigenvalue weighted by atomic mass is 16.3. The molecule has 0 bridgehead atoms. The largest absolute Gasteiger partial charge is 0.392 e. The van der Waals surface area contributed by atoms with E-state index in [0.29, 0.717) is 30.6 Å². The zero-order valence-electron chi connectivity index (χ0n) is 17.1. The number of fused-ring (bicyclic) bond motifs is 1. The Hall–Kier alpha value is -2.70. The predicted molar refractivity (Wildman–Crippen MR) is 113 cm³/mol. The molecule has 154 valence electrons. The minimum absolute atomic E-state index is 0.0968. The molecular weight excluding hydrogens is 366 g/mol. The fourth-order valence-electron chi connectivity index (χ4n) is 3.58. The van der Waals surface area contributed by atoms with Crippen LogP contribution in [0, 0.1) is 0 Å². The molecule has 2 aromatic carbocycles. The molecular formula is C23H29N3O3. The van der Waals surface area contributed by atoms with Crippen molar-refractivity contribution >= 4 is 11.8 Å². The number of benzene rings is 2. The van der Waals surface area contributed by atoms with E-state index in [4.69, 9.17) is 0 Å². The molecule has 3 rings (SSSR count). The van der Waals surface area contributed by atoms with E-state index >= 15 is 0 Å². The lowest BCUT2D eigenvalue weighted by atomic mass is 9.99. The SMILES string of the molecule is CN(C)C(=O)c1ccc(C(=O)NCCC(O)CN2CCc3ccccc3C2)cc1. The van der Waals surface area contributed by atoms with E-state index in [1.165, 1.54) is 16.0 Å². The average Bonchev–Trinajstić information content (AvgIpc) is 2.73. The van der Waals surface area contributed by atoms with Gasteiger partial charge in [0.15, 0.2) is 0 Å². The molecule has 6 heteroatoms. The summed E-state index contributed by atoms with van der Waals surface area (Å²) in [4.78, 5) is 27.9. The molecule has 1 heterocycles. The molecule has 2 aromatic rings. The molecule has 0 aliphatic carbocycles. The summed E-state index contributed by atoms with van der Waals surface area (Å²) < 4.78 is 0. The molecule has 0 spiro atoms. The minimum Gasteiger partial charge on any atom is -0.392 e. The summed E-state index contributed by atoms with van der Waals surface area (Å²) >= 11 is 0. The first-order valence-corrected chi connectivity index (χ1v) is 10.0. The predicted octanol–water partition coefficient (Wildman–Crippen LogP) is 1.93. The van der Waals surface area contributed by atoms with Crippen LogP contribution in [0.5, 0.6) is 0 Å². The number of amides is 2. The molecule has 1 unspecified atom stereocenters. The number of nitrogens with one attached hydrogen (secondary N) is 1. The number of aliphatic hydroxyl groups is 1. The van der Waals surface area contributed by atoms with Crippen LogP contribution >= 0.6 is 0 Å². The Morgan fingerprint density at radius 2 is 1.72 bits per heavy atom. The molecule has 29 heavy (non-hydrogen) atoms. The van der Waals surface area contributed by atoms with Gasteiger partial charge in [0, 0.05) is 51.4 Å². The second-order valence-electron chi connectivity index (χ2n) is 7.73. The van der Waals surface area contributed by atoms with E-state index in [1.54, 1.807) is 38.4 Å². The first-order valence-electron chi connectivity index (χ1n) is 10.0. The number of aliphatic hydroxyl groups excluding tert-OH is 1. The fraction of sp³-hybridized carbons (Fsp3) is 0.391. The fourth-order valence-corrected chi connectivity index (χ4v) is 3.58. The van der Waals surface area contributed by atoms with Crippen LogP contribution in [-0.2, 0) is 13.0 Å². The molecule has 6 nitrogen and oxygen atoms in total. The third-order valence-electron chi connectivity index (χ3n) is 5.24. The maximum Gasteiger partial charge on any atom is 0.253 e. The van der Waals surface area contributed by atoms with E-state index in [0.717, 1.165) is 19.5 Å². The number of hydrogen-bond donors (Lipinski definition) is 2. The van der Waals surface area contributed by atoms with Crippen molar-refractivity contribution in [3.05, 3.63) is 70.8 Å². The number of hydrogen-bond acceptors (Lipinski definition) is 4. The summed E-state index contributed by atoms with van der Waals surface area (Å²) in [6, 6.07) is 15.0. The van der Waals surface area contributed by atoms with Crippen molar-refractivity contribution in [2.75, 3.05) is 33.7 Å². The van der Waals surface area contributed by atoms with Gasteiger partial charge in [0.25, 0.3) is 11.8 Å². The topological polar surface area (TPSA) is 72.9 Å². The highest BCUT2D eigenvalue weighted by molar-refractivity contribution is 5.97. The molecule has 0 aromatic heterocycles. The van der Waals surface area contributed by atoms with Crippen LogP contribution in [0.2, 0.25) is 0 Å². The van der Waals surface area contributed by atoms with Crippen LogP contribution in [0.3, 0.4) is 0 Å². The van der Waals surface area contributed by atoms with Gasteiger partial charge in [-0.3, -0.25) is 14.5 Å². The van der Waals surface area contributed by atoms with E-state index in [1.807, 2.05) is 0 Å². The van der Waals surface area contributed by atoms with Gasteiger partial charge in [-0.2, -0.15) is 0 Å². The van der Waals surface area contributed by atoms with Gasteiger partial charge in [0.1, 0.15) is 0 Å². The zero-order valence-corrected chi connectivity index (χ0v) is 17.1. The van der Waals surface area contributed by atoms with Crippen LogP contribution in [0.25, 0.3) is 0 Å². The molecule has 0 radical (unpaired) electrons. The summed E-state index contributed by atoms with van der Waals surface area (Å²) in [6.45, 7) is 2.81. The van der Waals surface area contributed by atoms with Crippen molar-refractivity contribution in [2.45, 2.75) is 25.5 Å². The normalized spacial score (nSPS) is 14.7. The quantitative estimate of drug-likeness (QED) is 0.751. The van der Waals surface area contributed by atoms with Crippen LogP contribution < -0.4 is 5.32 Å². The lowest BCUT2D eigenvalue weighted by molar-refractivity contribution is 0.0825. The van der Waals surface area contributed by atoms with E-state index in [9.17, 15) is 14.7 Å². The first-order chi connectivity index (χ1) is 13.9. The first kappa shape index (κ1) is 21.0. The number of carbonyl (C=O) groups excluding carboxylic acids is 2. The van der Waals surface area contributed by atoms with Gasteiger partial charge in [0.2, 0.25) is 0 Å². The maximum absolute atomic E-state index is 12.3. The van der Waals surface area contributed by atoms with Gasteiger partial charge < -0.3 is 15.3 Å². The number of β-amino-alcohol motifs (C(OH)–C–C–N with tert-alkyl or cyclic N) is 1. The Kier molecular flexibility index (Phi) is 7.01. The van der Waals surface area contributed by atoms with E-state index in [2.05, 4.69) is 34.5 Å². The Bertz CT molecular complexity index is 849. The minimum atomic E-state index is -0.486. The maximum atomic E-state index is 12.3. The summed E-state index contributed by atoms with van der Waals surface area (Å²) in [6.07, 6.45) is 1.02. The van der Waals surface area contributed by atoms with Gasteiger partial charge in [0.05, 0.1) is 6.10 Å². The third-order valence-corrected chi connectivity index (χ3v) is 5.24. The zero-order chi connectivity index (χ0) is 20.8. The van der Waals surface area contributed by atoms with Gasteiger partial charge in [-0.15, -0.1) is 0 Å². The molecule has 0 fully saturated rings. The second-order valence-corrected chi connectivity index (χ2v) is 7.73. The molecule has 0 saturated carbocycles. The van der Waals surface area contributed by atoms with Crippen molar-refractivity contribution in [1.82, 2.24) is 15.1 Å². The lowest BCUT2D eigenvalue weighted by Crippen LogP contribution is -2.38. The van der Waals surface area contributed by atoms with E-state index in [-0.39, 0.29) is 11.8 Å². The van der Waals surface area contributed by atoms with Gasteiger partial charge in [-0.05, 0) is 48.2 Å². The summed E-state index contributed by atoms with van der Waals surface area (Å²) in [5, 5.41) is 13.2. The molecule has 1 aliphatic heterocycles. The molecule has 1 aliphatic rings. The Morgan fingerprint density at radius 3 is 2.41 bits per heavy atom.